The van der Waals surface area contributed by atoms with Gasteiger partial charge in [0, 0.05) is 12.2 Å². The predicted octanol–water partition coefficient (Wildman–Crippen LogP) is 4.76. The van der Waals surface area contributed by atoms with Crippen molar-refractivity contribution >= 4 is 31.4 Å². The van der Waals surface area contributed by atoms with Crippen molar-refractivity contribution in [3.8, 4) is 5.75 Å². The van der Waals surface area contributed by atoms with E-state index in [1.165, 1.54) is 23.5 Å². The molecule has 1 heterocycles. The molecule has 3 aromatic rings. The zero-order valence-electron chi connectivity index (χ0n) is 19.4. The molecule has 180 valence electrons. The van der Waals surface area contributed by atoms with Crippen molar-refractivity contribution in [2.45, 2.75) is 42.4 Å². The van der Waals surface area contributed by atoms with E-state index in [1.807, 2.05) is 26.0 Å². The molecule has 0 saturated heterocycles. The molecule has 0 spiro atoms. The number of fused-ring (bicyclic) bond motifs is 1. The van der Waals surface area contributed by atoms with E-state index in [1.54, 1.807) is 42.5 Å². The highest BCUT2D eigenvalue weighted by Crippen LogP contribution is 2.34. The molecule has 0 amide bonds. The lowest BCUT2D eigenvalue weighted by atomic mass is 10.0. The number of hydrogen-bond donors (Lipinski definition) is 1. The van der Waals surface area contributed by atoms with Crippen molar-refractivity contribution < 1.29 is 21.6 Å². The fourth-order valence-corrected chi connectivity index (χ4v) is 6.59. The smallest absolute Gasteiger partial charge is 0.264 e. The first-order valence-electron chi connectivity index (χ1n) is 11.0. The molecule has 1 aliphatic rings. The molecule has 7 nitrogen and oxygen atoms in total. The molecule has 0 aromatic heterocycles. The quantitative estimate of drug-likeness (QED) is 0.505. The number of aryl methyl sites for hydroxylation is 1. The van der Waals surface area contributed by atoms with Crippen molar-refractivity contribution in [1.29, 1.82) is 0 Å². The van der Waals surface area contributed by atoms with Gasteiger partial charge >= 0.3 is 0 Å². The first-order valence-corrected chi connectivity index (χ1v) is 14.0. The molecule has 0 radical (unpaired) electrons. The average molecular weight is 501 g/mol. The van der Waals surface area contributed by atoms with E-state index in [-0.39, 0.29) is 9.79 Å². The van der Waals surface area contributed by atoms with E-state index in [0.717, 1.165) is 11.1 Å². The zero-order chi connectivity index (χ0) is 24.5. The number of ether oxygens (including phenoxy) is 1. The summed E-state index contributed by atoms with van der Waals surface area (Å²) in [7, 11) is -6.01. The largest absolute Gasteiger partial charge is 0.497 e. The second kappa shape index (κ2) is 9.31. The van der Waals surface area contributed by atoms with Gasteiger partial charge in [-0.2, -0.15) is 0 Å². The summed E-state index contributed by atoms with van der Waals surface area (Å²) in [6, 6.07) is 18.1. The summed E-state index contributed by atoms with van der Waals surface area (Å²) >= 11 is 0. The van der Waals surface area contributed by atoms with Crippen LogP contribution in [0.1, 0.15) is 37.3 Å². The average Bonchev–Trinajstić information content (AvgIpc) is 2.83. The first kappa shape index (κ1) is 24.1. The summed E-state index contributed by atoms with van der Waals surface area (Å²) in [5.41, 5.74) is 2.80. The van der Waals surface area contributed by atoms with E-state index in [2.05, 4.69) is 4.72 Å². The second-order valence-electron chi connectivity index (χ2n) is 8.53. The Hall–Kier alpha value is -3.04. The van der Waals surface area contributed by atoms with Crippen molar-refractivity contribution in [3.63, 3.8) is 0 Å². The highest BCUT2D eigenvalue weighted by Gasteiger charge is 2.29. The SMILES string of the molecule is COc1ccc(S(=O)(=O)N2CCCc3cc(NS(=O)(=O)c4ccc(C(C)C)cc4)ccc32)cc1. The Morgan fingerprint density at radius 3 is 2.15 bits per heavy atom. The topological polar surface area (TPSA) is 92.8 Å². The molecule has 0 bridgehead atoms. The van der Waals surface area contributed by atoms with E-state index in [9.17, 15) is 16.8 Å². The molecule has 0 aliphatic carbocycles. The van der Waals surface area contributed by atoms with Gasteiger partial charge in [0.1, 0.15) is 5.75 Å². The Labute approximate surface area is 201 Å². The third kappa shape index (κ3) is 4.76. The van der Waals surface area contributed by atoms with Gasteiger partial charge in [-0.3, -0.25) is 9.03 Å². The van der Waals surface area contributed by atoms with Gasteiger partial charge in [0.15, 0.2) is 0 Å². The fraction of sp³-hybridized carbons (Fsp3) is 0.280. The Balaban J connectivity index is 1.60. The van der Waals surface area contributed by atoms with Crippen LogP contribution in [0, 0.1) is 0 Å². The maximum atomic E-state index is 13.3. The summed E-state index contributed by atoms with van der Waals surface area (Å²) in [6.07, 6.45) is 1.29. The van der Waals surface area contributed by atoms with E-state index >= 15 is 0 Å². The lowest BCUT2D eigenvalue weighted by molar-refractivity contribution is 0.414. The number of sulfonamides is 2. The van der Waals surface area contributed by atoms with E-state index in [4.69, 9.17) is 4.74 Å². The first-order chi connectivity index (χ1) is 16.1. The highest BCUT2D eigenvalue weighted by molar-refractivity contribution is 7.93. The predicted molar refractivity (Wildman–Crippen MR) is 134 cm³/mol. The lowest BCUT2D eigenvalue weighted by Crippen LogP contribution is -2.35. The Kier molecular flexibility index (Phi) is 6.60. The zero-order valence-corrected chi connectivity index (χ0v) is 21.0. The molecule has 3 aromatic carbocycles. The number of nitrogens with zero attached hydrogens (tertiary/aromatic N) is 1. The third-order valence-corrected chi connectivity index (χ3v) is 9.14. The van der Waals surface area contributed by atoms with Crippen LogP contribution in [-0.4, -0.2) is 30.5 Å². The minimum absolute atomic E-state index is 0.177. The lowest BCUT2D eigenvalue weighted by Gasteiger charge is -2.31. The Morgan fingerprint density at radius 2 is 1.53 bits per heavy atom. The molecule has 1 aliphatic heterocycles. The highest BCUT2D eigenvalue weighted by atomic mass is 32.2. The van der Waals surface area contributed by atoms with Gasteiger partial charge in [-0.15, -0.1) is 0 Å². The molecular formula is C25H28N2O5S2. The molecule has 4 rings (SSSR count). The molecule has 0 fully saturated rings. The summed E-state index contributed by atoms with van der Waals surface area (Å²) in [4.78, 5) is 0.356. The van der Waals surface area contributed by atoms with E-state index in [0.29, 0.717) is 42.4 Å². The number of benzene rings is 3. The van der Waals surface area contributed by atoms with Gasteiger partial charge < -0.3 is 4.74 Å². The van der Waals surface area contributed by atoms with Crippen LogP contribution in [0.3, 0.4) is 0 Å². The van der Waals surface area contributed by atoms with Crippen LogP contribution in [0.5, 0.6) is 5.75 Å². The molecule has 0 saturated carbocycles. The monoisotopic (exact) mass is 500 g/mol. The summed E-state index contributed by atoms with van der Waals surface area (Å²) in [6.45, 7) is 4.45. The molecule has 34 heavy (non-hydrogen) atoms. The van der Waals surface area contributed by atoms with Gasteiger partial charge in [0.05, 0.1) is 22.6 Å². The third-order valence-electron chi connectivity index (χ3n) is 5.91. The van der Waals surface area contributed by atoms with Crippen LogP contribution < -0.4 is 13.8 Å². The molecule has 0 unspecified atom stereocenters. The maximum absolute atomic E-state index is 13.3. The van der Waals surface area contributed by atoms with Crippen molar-refractivity contribution in [2.24, 2.45) is 0 Å². The van der Waals surface area contributed by atoms with Crippen LogP contribution in [0.15, 0.2) is 76.5 Å². The molecule has 1 N–H and O–H groups in total. The van der Waals surface area contributed by atoms with Gasteiger partial charge in [0.25, 0.3) is 20.0 Å². The summed E-state index contributed by atoms with van der Waals surface area (Å²) < 4.78 is 61.5. The maximum Gasteiger partial charge on any atom is 0.264 e. The van der Waals surface area contributed by atoms with Gasteiger partial charge in [-0.05, 0) is 84.5 Å². The molecule has 9 heteroatoms. The van der Waals surface area contributed by atoms with Crippen LogP contribution in [-0.2, 0) is 26.5 Å². The molecular weight excluding hydrogens is 472 g/mol. The van der Waals surface area contributed by atoms with Crippen LogP contribution in [0.25, 0.3) is 0 Å². The van der Waals surface area contributed by atoms with Gasteiger partial charge in [0.2, 0.25) is 0 Å². The number of rotatable bonds is 7. The van der Waals surface area contributed by atoms with Crippen LogP contribution in [0.2, 0.25) is 0 Å². The number of nitrogens with one attached hydrogen (secondary N) is 1. The van der Waals surface area contributed by atoms with Gasteiger partial charge in [-0.1, -0.05) is 26.0 Å². The number of methoxy groups -OCH3 is 1. The second-order valence-corrected chi connectivity index (χ2v) is 12.1. The summed E-state index contributed by atoms with van der Waals surface area (Å²) in [5, 5.41) is 0. The van der Waals surface area contributed by atoms with Crippen LogP contribution in [0.4, 0.5) is 11.4 Å². The normalized spacial score (nSPS) is 14.1. The standard InChI is InChI=1S/C25H28N2O5S2/c1-18(2)19-6-11-23(12-7-19)33(28,29)26-21-8-15-25-20(17-21)5-4-16-27(25)34(30,31)24-13-9-22(32-3)10-14-24/h6-15,17-18,26H,4-5,16H2,1-3H3. The Bertz CT molecular complexity index is 1380. The minimum Gasteiger partial charge on any atom is -0.497 e. The minimum atomic E-state index is -3.77. The Morgan fingerprint density at radius 1 is 0.882 bits per heavy atom. The van der Waals surface area contributed by atoms with Crippen molar-refractivity contribution in [3.05, 3.63) is 77.9 Å². The number of anilines is 2. The van der Waals surface area contributed by atoms with Gasteiger partial charge in [-0.25, -0.2) is 16.8 Å². The number of hydrogen-bond acceptors (Lipinski definition) is 5. The fourth-order valence-electron chi connectivity index (χ4n) is 4.00. The summed E-state index contributed by atoms with van der Waals surface area (Å²) in [5.74, 6) is 0.885. The van der Waals surface area contributed by atoms with E-state index < -0.39 is 20.0 Å². The van der Waals surface area contributed by atoms with Crippen LogP contribution >= 0.6 is 0 Å². The van der Waals surface area contributed by atoms with Crippen molar-refractivity contribution in [1.82, 2.24) is 0 Å². The van der Waals surface area contributed by atoms with Crippen molar-refractivity contribution in [2.75, 3.05) is 22.7 Å². The molecule has 0 atom stereocenters.